The zero-order valence-corrected chi connectivity index (χ0v) is 54.5. The number of unbranched alkanes of at least 4 members (excludes halogenated alkanes) is 48. The van der Waals surface area contributed by atoms with E-state index in [9.17, 15) is 19.4 Å². The molecule has 1 amide bonds. The Hall–Kier alpha value is -1.28. The lowest BCUT2D eigenvalue weighted by Gasteiger charge is -2.29. The summed E-state index contributed by atoms with van der Waals surface area (Å²) >= 11 is 0. The maximum Gasteiger partial charge on any atom is 0.268 e. The molecular weight excluding hydrogens is 996 g/mol. The van der Waals surface area contributed by atoms with Gasteiger partial charge in [0.1, 0.15) is 13.2 Å². The van der Waals surface area contributed by atoms with Crippen molar-refractivity contribution in [2.24, 2.45) is 0 Å². The normalized spacial score (nSPS) is 13.9. The first-order valence-corrected chi connectivity index (χ1v) is 36.3. The van der Waals surface area contributed by atoms with Crippen molar-refractivity contribution in [3.05, 3.63) is 36.5 Å². The van der Waals surface area contributed by atoms with E-state index in [-0.39, 0.29) is 12.5 Å². The van der Waals surface area contributed by atoms with Gasteiger partial charge in [-0.05, 0) is 44.9 Å². The van der Waals surface area contributed by atoms with Crippen LogP contribution in [0.2, 0.25) is 0 Å². The topological polar surface area (TPSA) is 108 Å². The average Bonchev–Trinajstić information content (AvgIpc) is 3.42. The molecule has 468 valence electrons. The number of amides is 1. The third-order valence-electron chi connectivity index (χ3n) is 16.1. The number of nitrogens with zero attached hydrogens (tertiary/aromatic N) is 1. The Kier molecular flexibility index (Phi) is 60.3. The molecule has 3 unspecified atom stereocenters. The highest BCUT2D eigenvalue weighted by atomic mass is 31.2. The van der Waals surface area contributed by atoms with Gasteiger partial charge in [0, 0.05) is 6.42 Å². The zero-order valence-electron chi connectivity index (χ0n) is 53.6. The lowest BCUT2D eigenvalue weighted by molar-refractivity contribution is -0.870. The van der Waals surface area contributed by atoms with Gasteiger partial charge < -0.3 is 28.8 Å². The van der Waals surface area contributed by atoms with E-state index in [0.717, 1.165) is 44.9 Å². The Morgan fingerprint density at radius 3 is 1.03 bits per heavy atom. The van der Waals surface area contributed by atoms with Crippen LogP contribution in [0.25, 0.3) is 0 Å². The second kappa shape index (κ2) is 61.3. The van der Waals surface area contributed by atoms with Crippen molar-refractivity contribution in [3.8, 4) is 0 Å². The number of nitrogens with one attached hydrogen (secondary N) is 1. The van der Waals surface area contributed by atoms with Crippen molar-refractivity contribution < 1.29 is 32.9 Å². The van der Waals surface area contributed by atoms with Gasteiger partial charge in [-0.3, -0.25) is 9.36 Å². The van der Waals surface area contributed by atoms with Crippen molar-refractivity contribution in [2.45, 2.75) is 366 Å². The maximum atomic E-state index is 13.0. The number of allylic oxidation sites excluding steroid dienone is 5. The molecule has 0 aromatic heterocycles. The van der Waals surface area contributed by atoms with E-state index >= 15 is 0 Å². The first kappa shape index (κ1) is 77.7. The first-order valence-electron chi connectivity index (χ1n) is 34.9. The number of phosphoric ester groups is 1. The van der Waals surface area contributed by atoms with Crippen LogP contribution in [0.1, 0.15) is 354 Å². The minimum atomic E-state index is -4.61. The van der Waals surface area contributed by atoms with Crippen molar-refractivity contribution in [1.29, 1.82) is 0 Å². The summed E-state index contributed by atoms with van der Waals surface area (Å²) in [5, 5.41) is 13.9. The molecular formula is C70H137N2O6P. The highest BCUT2D eigenvalue weighted by molar-refractivity contribution is 7.45. The first-order chi connectivity index (χ1) is 38.5. The molecule has 0 aromatic rings. The van der Waals surface area contributed by atoms with E-state index in [1.54, 1.807) is 6.08 Å². The number of quaternary nitrogens is 1. The summed E-state index contributed by atoms with van der Waals surface area (Å²) in [6.07, 6.45) is 81.5. The fourth-order valence-corrected chi connectivity index (χ4v) is 11.4. The molecule has 9 heteroatoms. The highest BCUT2D eigenvalue weighted by Crippen LogP contribution is 2.38. The predicted molar refractivity (Wildman–Crippen MR) is 344 cm³/mol. The van der Waals surface area contributed by atoms with Gasteiger partial charge in [-0.1, -0.05) is 339 Å². The number of carbonyl (C=O) groups is 1. The lowest BCUT2D eigenvalue weighted by atomic mass is 10.0. The summed E-state index contributed by atoms with van der Waals surface area (Å²) in [6.45, 7) is 4.66. The van der Waals surface area contributed by atoms with Crippen LogP contribution in [0.15, 0.2) is 36.5 Å². The highest BCUT2D eigenvalue weighted by Gasteiger charge is 2.23. The van der Waals surface area contributed by atoms with E-state index < -0.39 is 26.6 Å². The Morgan fingerprint density at radius 1 is 0.430 bits per heavy atom. The largest absolute Gasteiger partial charge is 0.756 e. The SMILES string of the molecule is CCCCCCCCCC/C=C/CC/C=C/CC/C=C/C(O)C(COP(=O)([O-])OCC[N+](C)(C)C)NC(=O)CCCCCCCCCCCCCCCCCCCCCCCCCCCCCCCCCCCCCCCCC. The van der Waals surface area contributed by atoms with Gasteiger partial charge in [-0.15, -0.1) is 0 Å². The number of aliphatic hydroxyl groups excluding tert-OH is 1. The molecule has 79 heavy (non-hydrogen) atoms. The van der Waals surface area contributed by atoms with Gasteiger partial charge in [0.2, 0.25) is 5.91 Å². The van der Waals surface area contributed by atoms with Crippen LogP contribution in [0.4, 0.5) is 0 Å². The molecule has 0 fully saturated rings. The van der Waals surface area contributed by atoms with Gasteiger partial charge in [0.25, 0.3) is 7.82 Å². The minimum absolute atomic E-state index is 0.00728. The molecule has 0 heterocycles. The summed E-state index contributed by atoms with van der Waals surface area (Å²) in [7, 11) is 1.25. The van der Waals surface area contributed by atoms with Crippen LogP contribution in [0.3, 0.4) is 0 Å². The van der Waals surface area contributed by atoms with Crippen molar-refractivity contribution in [1.82, 2.24) is 5.32 Å². The number of phosphoric acid groups is 1. The molecule has 0 aromatic carbocycles. The van der Waals surface area contributed by atoms with Gasteiger partial charge in [-0.25, -0.2) is 0 Å². The van der Waals surface area contributed by atoms with E-state index in [2.05, 4.69) is 43.5 Å². The van der Waals surface area contributed by atoms with E-state index in [4.69, 9.17) is 9.05 Å². The van der Waals surface area contributed by atoms with Crippen molar-refractivity contribution in [2.75, 3.05) is 40.9 Å². The smallest absolute Gasteiger partial charge is 0.268 e. The quantitative estimate of drug-likeness (QED) is 0.0272. The molecule has 2 N–H and O–H groups in total. The van der Waals surface area contributed by atoms with Crippen LogP contribution < -0.4 is 10.2 Å². The van der Waals surface area contributed by atoms with E-state index in [1.165, 1.54) is 289 Å². The third-order valence-corrected chi connectivity index (χ3v) is 17.0. The molecule has 0 radical (unpaired) electrons. The predicted octanol–water partition coefficient (Wildman–Crippen LogP) is 21.4. The third kappa shape index (κ3) is 64.1. The van der Waals surface area contributed by atoms with E-state index in [0.29, 0.717) is 17.4 Å². The second-order valence-electron chi connectivity index (χ2n) is 25.2. The number of aliphatic hydroxyl groups is 1. The molecule has 0 rings (SSSR count). The monoisotopic (exact) mass is 1130 g/mol. The van der Waals surface area contributed by atoms with Gasteiger partial charge in [0.05, 0.1) is 39.9 Å². The molecule has 0 aliphatic heterocycles. The molecule has 0 bridgehead atoms. The lowest BCUT2D eigenvalue weighted by Crippen LogP contribution is -2.45. The van der Waals surface area contributed by atoms with Crippen LogP contribution in [-0.2, 0) is 18.4 Å². The number of hydrogen-bond acceptors (Lipinski definition) is 6. The standard InChI is InChI=1S/C70H137N2O6P/c1-6-8-10-12-14-16-18-20-22-24-26-27-28-29-30-31-32-33-34-35-36-37-38-39-40-41-42-43-44-45-46-48-50-52-54-56-58-60-62-64-70(74)71-68(67-78-79(75,76)77-66-65-72(3,4)5)69(73)63-61-59-57-55-53-51-49-47-25-23-21-19-17-15-13-11-9-7-2/h25,47,53,55,61,63,68-69,73H,6-24,26-46,48-52,54,56-60,62,64-67H2,1-5H3,(H-,71,74,75,76)/b47-25+,55-53+,63-61+. The molecule has 0 spiro atoms. The summed E-state index contributed by atoms with van der Waals surface area (Å²) in [4.78, 5) is 25.6. The number of likely N-dealkylation sites (N-methyl/N-ethyl adjacent to an activating group) is 1. The Bertz CT molecular complexity index is 1380. The van der Waals surface area contributed by atoms with Crippen LogP contribution >= 0.6 is 7.82 Å². The van der Waals surface area contributed by atoms with Crippen LogP contribution in [0, 0.1) is 0 Å². The number of rotatable bonds is 65. The molecule has 0 saturated heterocycles. The van der Waals surface area contributed by atoms with Crippen LogP contribution in [0.5, 0.6) is 0 Å². The summed E-state index contributed by atoms with van der Waals surface area (Å²) in [6, 6.07) is -0.908. The summed E-state index contributed by atoms with van der Waals surface area (Å²) in [5.74, 6) is -0.205. The van der Waals surface area contributed by atoms with Crippen molar-refractivity contribution in [3.63, 3.8) is 0 Å². The molecule has 3 atom stereocenters. The number of hydrogen-bond donors (Lipinski definition) is 2. The summed E-state index contributed by atoms with van der Waals surface area (Å²) < 4.78 is 23.4. The zero-order chi connectivity index (χ0) is 57.7. The molecule has 0 aliphatic carbocycles. The maximum absolute atomic E-state index is 13.0. The Balaban J connectivity index is 3.92. The van der Waals surface area contributed by atoms with Gasteiger partial charge >= 0.3 is 0 Å². The number of carbonyl (C=O) groups excluding carboxylic acids is 1. The molecule has 0 saturated carbocycles. The van der Waals surface area contributed by atoms with Crippen molar-refractivity contribution >= 4 is 13.7 Å². The molecule has 8 nitrogen and oxygen atoms in total. The average molecular weight is 1130 g/mol. The molecule has 0 aliphatic rings. The summed E-state index contributed by atoms with van der Waals surface area (Å²) in [5.41, 5.74) is 0. The van der Waals surface area contributed by atoms with Gasteiger partial charge in [-0.2, -0.15) is 0 Å². The van der Waals surface area contributed by atoms with Gasteiger partial charge in [0.15, 0.2) is 0 Å². The second-order valence-corrected chi connectivity index (χ2v) is 26.6. The Morgan fingerprint density at radius 2 is 0.709 bits per heavy atom. The van der Waals surface area contributed by atoms with Crippen LogP contribution in [-0.4, -0.2) is 68.5 Å². The fourth-order valence-electron chi connectivity index (χ4n) is 10.7. The fraction of sp³-hybridized carbons (Fsp3) is 0.900. The minimum Gasteiger partial charge on any atom is -0.756 e. The Labute approximate surface area is 493 Å². The van der Waals surface area contributed by atoms with E-state index in [1.807, 2.05) is 27.2 Å².